The Balaban J connectivity index is 1.82. The summed E-state index contributed by atoms with van der Waals surface area (Å²) >= 11 is 0. The maximum atomic E-state index is 13.0. The third-order valence-corrected chi connectivity index (χ3v) is 3.98. The lowest BCUT2D eigenvalue weighted by Crippen LogP contribution is -2.50. The highest BCUT2D eigenvalue weighted by molar-refractivity contribution is 5.99. The lowest BCUT2D eigenvalue weighted by molar-refractivity contribution is -0.148. The van der Waals surface area contributed by atoms with Gasteiger partial charge in [-0.1, -0.05) is 12.1 Å². The van der Waals surface area contributed by atoms with Crippen LogP contribution < -0.4 is 14.4 Å². The van der Waals surface area contributed by atoms with Gasteiger partial charge in [-0.2, -0.15) is 0 Å². The summed E-state index contributed by atoms with van der Waals surface area (Å²) in [5, 5.41) is 0. The summed E-state index contributed by atoms with van der Waals surface area (Å²) in [5.74, 6) is -0.516. The van der Waals surface area contributed by atoms with Crippen LogP contribution in [-0.2, 0) is 14.3 Å². The summed E-state index contributed by atoms with van der Waals surface area (Å²) in [4.78, 5) is 26.2. The zero-order chi connectivity index (χ0) is 18.7. The van der Waals surface area contributed by atoms with Crippen LogP contribution >= 0.6 is 0 Å². The van der Waals surface area contributed by atoms with Crippen LogP contribution in [0.4, 0.5) is 10.1 Å². The Kier molecular flexibility index (Phi) is 5.06. The van der Waals surface area contributed by atoms with E-state index in [9.17, 15) is 14.0 Å². The topological polar surface area (TPSA) is 65.1 Å². The van der Waals surface area contributed by atoms with Crippen LogP contribution in [0.25, 0.3) is 0 Å². The number of hydrogen-bond acceptors (Lipinski definition) is 5. The highest BCUT2D eigenvalue weighted by Gasteiger charge is 2.36. The molecule has 7 heteroatoms. The van der Waals surface area contributed by atoms with E-state index in [-0.39, 0.29) is 18.3 Å². The van der Waals surface area contributed by atoms with Gasteiger partial charge in [0.15, 0.2) is 6.10 Å². The maximum absolute atomic E-state index is 13.0. The standard InChI is InChI=1S/C19H18FNO5/c1-12(25-14-9-7-13(20)8-10-14)18(22)21-11-17(19(23)24-2)26-16-6-4-3-5-15(16)21/h3-10,12,17H,11H2,1-2H3/t12-,17-/m0/s1. The van der Waals surface area contributed by atoms with Crippen molar-refractivity contribution >= 4 is 17.6 Å². The molecule has 1 heterocycles. The number of fused-ring (bicyclic) bond motifs is 1. The zero-order valence-corrected chi connectivity index (χ0v) is 14.3. The molecule has 0 aromatic heterocycles. The van der Waals surface area contributed by atoms with E-state index in [0.717, 1.165) is 0 Å². The first-order chi connectivity index (χ1) is 12.5. The van der Waals surface area contributed by atoms with Crippen molar-refractivity contribution in [1.82, 2.24) is 0 Å². The highest BCUT2D eigenvalue weighted by Crippen LogP contribution is 2.34. The van der Waals surface area contributed by atoms with Gasteiger partial charge in [0.1, 0.15) is 17.3 Å². The fourth-order valence-electron chi connectivity index (χ4n) is 2.68. The van der Waals surface area contributed by atoms with Crippen molar-refractivity contribution < 1.29 is 28.2 Å². The number of esters is 1. The van der Waals surface area contributed by atoms with Crippen molar-refractivity contribution in [3.05, 3.63) is 54.3 Å². The monoisotopic (exact) mass is 359 g/mol. The second-order valence-corrected chi connectivity index (χ2v) is 5.76. The van der Waals surface area contributed by atoms with Crippen LogP contribution in [0.2, 0.25) is 0 Å². The number of carbonyl (C=O) groups excluding carboxylic acids is 2. The molecule has 6 nitrogen and oxygen atoms in total. The van der Waals surface area contributed by atoms with Crippen molar-refractivity contribution in [2.24, 2.45) is 0 Å². The Hall–Kier alpha value is -3.09. The molecule has 0 spiro atoms. The quantitative estimate of drug-likeness (QED) is 0.785. The average molecular weight is 359 g/mol. The van der Waals surface area contributed by atoms with Gasteiger partial charge in [-0.15, -0.1) is 0 Å². The second-order valence-electron chi connectivity index (χ2n) is 5.76. The Morgan fingerprint density at radius 2 is 1.88 bits per heavy atom. The normalized spacial score (nSPS) is 16.9. The van der Waals surface area contributed by atoms with Gasteiger partial charge in [0, 0.05) is 0 Å². The predicted molar refractivity (Wildman–Crippen MR) is 91.7 cm³/mol. The number of methoxy groups -OCH3 is 1. The predicted octanol–water partition coefficient (Wildman–Crippen LogP) is 2.56. The Morgan fingerprint density at radius 3 is 2.58 bits per heavy atom. The molecule has 0 fully saturated rings. The molecule has 0 saturated heterocycles. The summed E-state index contributed by atoms with van der Waals surface area (Å²) in [7, 11) is 1.26. The first-order valence-electron chi connectivity index (χ1n) is 8.06. The molecule has 0 aliphatic carbocycles. The fourth-order valence-corrected chi connectivity index (χ4v) is 2.68. The van der Waals surface area contributed by atoms with E-state index in [0.29, 0.717) is 17.2 Å². The van der Waals surface area contributed by atoms with Crippen LogP contribution in [0.3, 0.4) is 0 Å². The molecule has 0 unspecified atom stereocenters. The number of ether oxygens (including phenoxy) is 3. The summed E-state index contributed by atoms with van der Waals surface area (Å²) in [5.41, 5.74) is 0.548. The van der Waals surface area contributed by atoms with Crippen molar-refractivity contribution in [1.29, 1.82) is 0 Å². The molecule has 0 bridgehead atoms. The van der Waals surface area contributed by atoms with E-state index in [1.807, 2.05) is 0 Å². The number of hydrogen-bond donors (Lipinski definition) is 0. The number of rotatable bonds is 4. The van der Waals surface area contributed by atoms with Crippen LogP contribution in [0.15, 0.2) is 48.5 Å². The number of anilines is 1. The third kappa shape index (κ3) is 3.61. The van der Waals surface area contributed by atoms with E-state index in [1.54, 1.807) is 31.2 Å². The van der Waals surface area contributed by atoms with Gasteiger partial charge < -0.3 is 19.1 Å². The van der Waals surface area contributed by atoms with Crippen LogP contribution in [0.5, 0.6) is 11.5 Å². The van der Waals surface area contributed by atoms with Crippen LogP contribution in [0.1, 0.15) is 6.92 Å². The molecule has 26 heavy (non-hydrogen) atoms. The lowest BCUT2D eigenvalue weighted by atomic mass is 10.1. The second kappa shape index (κ2) is 7.43. The van der Waals surface area contributed by atoms with Crippen molar-refractivity contribution in [3.8, 4) is 11.5 Å². The Morgan fingerprint density at radius 1 is 1.19 bits per heavy atom. The summed E-state index contributed by atoms with van der Waals surface area (Å²) < 4.78 is 29.0. The largest absolute Gasteiger partial charge is 0.481 e. The Labute approximate surface area is 150 Å². The zero-order valence-electron chi connectivity index (χ0n) is 14.3. The molecule has 1 aliphatic rings. The van der Waals surface area contributed by atoms with E-state index >= 15 is 0 Å². The van der Waals surface area contributed by atoms with E-state index in [4.69, 9.17) is 14.2 Å². The summed E-state index contributed by atoms with van der Waals surface area (Å²) in [6, 6.07) is 12.3. The molecule has 0 radical (unpaired) electrons. The minimum Gasteiger partial charge on any atom is -0.481 e. The smallest absolute Gasteiger partial charge is 0.348 e. The van der Waals surface area contributed by atoms with Gasteiger partial charge in [-0.25, -0.2) is 9.18 Å². The first-order valence-corrected chi connectivity index (χ1v) is 8.06. The SMILES string of the molecule is COC(=O)[C@@H]1CN(C(=O)[C@H](C)Oc2ccc(F)cc2)c2ccccc2O1. The number of carbonyl (C=O) groups is 2. The molecule has 2 aromatic carbocycles. The Bertz CT molecular complexity index is 808. The molecule has 136 valence electrons. The van der Waals surface area contributed by atoms with Gasteiger partial charge in [0.25, 0.3) is 5.91 Å². The molecule has 1 amide bonds. The fraction of sp³-hybridized carbons (Fsp3) is 0.263. The average Bonchev–Trinajstić information content (AvgIpc) is 2.67. The van der Waals surface area contributed by atoms with E-state index in [1.165, 1.54) is 36.3 Å². The summed E-state index contributed by atoms with van der Waals surface area (Å²) in [6.07, 6.45) is -1.76. The molecule has 1 aliphatic heterocycles. The maximum Gasteiger partial charge on any atom is 0.348 e. The van der Waals surface area contributed by atoms with Gasteiger partial charge in [0.2, 0.25) is 6.10 Å². The molecule has 0 N–H and O–H groups in total. The lowest BCUT2D eigenvalue weighted by Gasteiger charge is -2.34. The first kappa shape index (κ1) is 17.7. The van der Waals surface area contributed by atoms with Gasteiger partial charge >= 0.3 is 5.97 Å². The molecular weight excluding hydrogens is 341 g/mol. The van der Waals surface area contributed by atoms with Crippen LogP contribution in [0, 0.1) is 5.82 Å². The van der Waals surface area contributed by atoms with E-state index in [2.05, 4.69) is 0 Å². The minimum atomic E-state index is -0.920. The molecule has 3 rings (SSSR count). The molecular formula is C19H18FNO5. The van der Waals surface area contributed by atoms with Gasteiger partial charge in [0.05, 0.1) is 19.3 Å². The van der Waals surface area contributed by atoms with Crippen molar-refractivity contribution in [3.63, 3.8) is 0 Å². The third-order valence-electron chi connectivity index (χ3n) is 3.98. The highest BCUT2D eigenvalue weighted by atomic mass is 19.1. The van der Waals surface area contributed by atoms with Crippen molar-refractivity contribution in [2.45, 2.75) is 19.1 Å². The number of halogens is 1. The summed E-state index contributed by atoms with van der Waals surface area (Å²) in [6.45, 7) is 1.61. The number of benzene rings is 2. The van der Waals surface area contributed by atoms with Crippen molar-refractivity contribution in [2.75, 3.05) is 18.6 Å². The van der Waals surface area contributed by atoms with Gasteiger partial charge in [-0.05, 0) is 43.3 Å². The van der Waals surface area contributed by atoms with Crippen LogP contribution in [-0.4, -0.2) is 37.7 Å². The molecule has 2 atom stereocenters. The minimum absolute atomic E-state index is 0.0135. The number of nitrogens with zero attached hydrogens (tertiary/aromatic N) is 1. The van der Waals surface area contributed by atoms with Gasteiger partial charge in [-0.3, -0.25) is 4.79 Å². The number of para-hydroxylation sites is 2. The number of amides is 1. The van der Waals surface area contributed by atoms with E-state index < -0.39 is 18.2 Å². The molecule has 2 aromatic rings. The molecule has 0 saturated carbocycles.